The highest BCUT2D eigenvalue weighted by Gasteiger charge is 2.31. The van der Waals surface area contributed by atoms with E-state index in [4.69, 9.17) is 0 Å². The Bertz CT molecular complexity index is 727. The molecule has 4 heteroatoms. The topological polar surface area (TPSA) is 42.3 Å². The first-order chi connectivity index (χ1) is 9.65. The van der Waals surface area contributed by atoms with Crippen molar-refractivity contribution in [3.8, 4) is 0 Å². The number of rotatable bonds is 2. The van der Waals surface area contributed by atoms with Gasteiger partial charge in [-0.25, -0.2) is 0 Å². The van der Waals surface area contributed by atoms with E-state index >= 15 is 0 Å². The molecule has 1 aromatic carbocycles. The maximum atomic E-state index is 12.7. The van der Waals surface area contributed by atoms with Crippen LogP contribution in [-0.2, 0) is 7.05 Å². The Morgan fingerprint density at radius 1 is 1.30 bits per heavy atom. The van der Waals surface area contributed by atoms with E-state index in [1.54, 1.807) is 11.0 Å². The van der Waals surface area contributed by atoms with E-state index in [0.29, 0.717) is 30.8 Å². The molecule has 0 saturated heterocycles. The monoisotopic (exact) mass is 268 g/mol. The lowest BCUT2D eigenvalue weighted by Gasteiger charge is -2.18. The lowest BCUT2D eigenvalue weighted by atomic mass is 10.1. The van der Waals surface area contributed by atoms with E-state index in [-0.39, 0.29) is 11.7 Å². The molecule has 3 rings (SSSR count). The summed E-state index contributed by atoms with van der Waals surface area (Å²) in [6.07, 6.45) is 2.05. The number of fused-ring (bicyclic) bond motifs is 3. The number of para-hydroxylation sites is 1. The first-order valence-electron chi connectivity index (χ1n) is 6.66. The van der Waals surface area contributed by atoms with Gasteiger partial charge in [0, 0.05) is 37.5 Å². The molecule has 2 aromatic rings. The van der Waals surface area contributed by atoms with Gasteiger partial charge in [0.2, 0.25) is 0 Å². The smallest absolute Gasteiger partial charge is 0.271 e. The van der Waals surface area contributed by atoms with Gasteiger partial charge in [-0.3, -0.25) is 9.59 Å². The summed E-state index contributed by atoms with van der Waals surface area (Å²) < 4.78 is 1.83. The minimum absolute atomic E-state index is 0.0386. The van der Waals surface area contributed by atoms with Gasteiger partial charge < -0.3 is 9.47 Å². The number of aromatic nitrogens is 1. The summed E-state index contributed by atoms with van der Waals surface area (Å²) in [5.41, 5.74) is 1.98. The van der Waals surface area contributed by atoms with Crippen LogP contribution < -0.4 is 0 Å². The fourth-order valence-electron chi connectivity index (χ4n) is 2.87. The number of nitrogens with zero attached hydrogens (tertiary/aromatic N) is 2. The molecule has 102 valence electrons. The van der Waals surface area contributed by atoms with E-state index in [1.165, 1.54) is 0 Å². The number of carbonyl (C=O) groups excluding carboxylic acids is 2. The molecule has 0 unspecified atom stereocenters. The summed E-state index contributed by atoms with van der Waals surface area (Å²) in [5.74, 6) is -0.0545. The predicted octanol–water partition coefficient (Wildman–Crippen LogP) is 2.39. The van der Waals surface area contributed by atoms with Crippen molar-refractivity contribution in [1.29, 1.82) is 0 Å². The number of benzene rings is 1. The standard InChI is InChI=1S/C16H16N2O2/c1-3-9-18-10-8-13(19)14-11-6-4-5-7-12(11)17(2)15(14)16(18)20/h3-7H,1,8-10H2,2H3. The van der Waals surface area contributed by atoms with Crippen LogP contribution in [0, 0.1) is 0 Å². The molecule has 1 aliphatic rings. The van der Waals surface area contributed by atoms with Gasteiger partial charge in [-0.15, -0.1) is 6.58 Å². The van der Waals surface area contributed by atoms with Crippen LogP contribution in [0.4, 0.5) is 0 Å². The fraction of sp³-hybridized carbons (Fsp3) is 0.250. The molecule has 20 heavy (non-hydrogen) atoms. The second kappa shape index (κ2) is 4.63. The van der Waals surface area contributed by atoms with Crippen LogP contribution >= 0.6 is 0 Å². The van der Waals surface area contributed by atoms with Crippen LogP contribution in [0.25, 0.3) is 10.9 Å². The van der Waals surface area contributed by atoms with Gasteiger partial charge in [-0.1, -0.05) is 24.3 Å². The van der Waals surface area contributed by atoms with Crippen molar-refractivity contribution >= 4 is 22.6 Å². The van der Waals surface area contributed by atoms with E-state index in [0.717, 1.165) is 10.9 Å². The van der Waals surface area contributed by atoms with Crippen LogP contribution in [0.3, 0.4) is 0 Å². The summed E-state index contributed by atoms with van der Waals surface area (Å²) in [6, 6.07) is 7.65. The van der Waals surface area contributed by atoms with Crippen molar-refractivity contribution in [3.05, 3.63) is 48.2 Å². The van der Waals surface area contributed by atoms with Crippen molar-refractivity contribution in [3.63, 3.8) is 0 Å². The summed E-state index contributed by atoms with van der Waals surface area (Å²) in [7, 11) is 1.84. The molecule has 2 heterocycles. The Balaban J connectivity index is 2.29. The zero-order valence-electron chi connectivity index (χ0n) is 11.4. The predicted molar refractivity (Wildman–Crippen MR) is 78.0 cm³/mol. The highest BCUT2D eigenvalue weighted by molar-refractivity contribution is 6.17. The molecule has 0 fully saturated rings. The summed E-state index contributed by atoms with van der Waals surface area (Å²) in [6.45, 7) is 4.59. The highest BCUT2D eigenvalue weighted by Crippen LogP contribution is 2.29. The summed E-state index contributed by atoms with van der Waals surface area (Å²) in [5, 5.41) is 0.865. The Labute approximate surface area is 117 Å². The van der Waals surface area contributed by atoms with Crippen molar-refractivity contribution in [2.24, 2.45) is 7.05 Å². The minimum atomic E-state index is -0.0931. The van der Waals surface area contributed by atoms with E-state index < -0.39 is 0 Å². The van der Waals surface area contributed by atoms with Gasteiger partial charge in [-0.2, -0.15) is 0 Å². The molecule has 0 radical (unpaired) electrons. The van der Waals surface area contributed by atoms with Crippen molar-refractivity contribution in [2.45, 2.75) is 6.42 Å². The molecule has 1 aromatic heterocycles. The average molecular weight is 268 g/mol. The van der Waals surface area contributed by atoms with Crippen LogP contribution in [0.15, 0.2) is 36.9 Å². The maximum absolute atomic E-state index is 12.7. The van der Waals surface area contributed by atoms with Crippen molar-refractivity contribution in [1.82, 2.24) is 9.47 Å². The normalized spacial score (nSPS) is 15.3. The van der Waals surface area contributed by atoms with Gasteiger partial charge in [-0.05, 0) is 6.07 Å². The van der Waals surface area contributed by atoms with Gasteiger partial charge in [0.15, 0.2) is 5.78 Å². The molecule has 1 amide bonds. The van der Waals surface area contributed by atoms with Crippen LogP contribution in [0.1, 0.15) is 27.3 Å². The Kier molecular flexibility index (Phi) is 2.93. The van der Waals surface area contributed by atoms with E-state index in [9.17, 15) is 9.59 Å². The third-order valence-corrected chi connectivity index (χ3v) is 3.83. The number of amides is 1. The van der Waals surface area contributed by atoms with Crippen molar-refractivity contribution in [2.75, 3.05) is 13.1 Å². The number of carbonyl (C=O) groups is 2. The highest BCUT2D eigenvalue weighted by atomic mass is 16.2. The van der Waals surface area contributed by atoms with Gasteiger partial charge >= 0.3 is 0 Å². The first-order valence-corrected chi connectivity index (χ1v) is 6.66. The molecule has 4 nitrogen and oxygen atoms in total. The molecule has 0 atom stereocenters. The zero-order chi connectivity index (χ0) is 14.3. The largest absolute Gasteiger partial charge is 0.339 e. The molecule has 1 aliphatic heterocycles. The Hall–Kier alpha value is -2.36. The number of hydrogen-bond donors (Lipinski definition) is 0. The molecule has 0 bridgehead atoms. The average Bonchev–Trinajstić information content (AvgIpc) is 2.69. The second-order valence-electron chi connectivity index (χ2n) is 5.01. The SMILES string of the molecule is C=CCN1CCC(=O)c2c(n(C)c3ccccc23)C1=O. The molecule has 0 saturated carbocycles. The molecule has 0 spiro atoms. The van der Waals surface area contributed by atoms with E-state index in [1.807, 2.05) is 35.9 Å². The summed E-state index contributed by atoms with van der Waals surface area (Å²) in [4.78, 5) is 26.8. The van der Waals surface area contributed by atoms with Gasteiger partial charge in [0.1, 0.15) is 5.69 Å². The Morgan fingerprint density at radius 2 is 2.05 bits per heavy atom. The van der Waals surface area contributed by atoms with Crippen LogP contribution in [0.2, 0.25) is 0 Å². The number of ketones is 1. The lowest BCUT2D eigenvalue weighted by molar-refractivity contribution is 0.0768. The number of aryl methyl sites for hydroxylation is 1. The fourth-order valence-corrected chi connectivity index (χ4v) is 2.87. The zero-order valence-corrected chi connectivity index (χ0v) is 11.4. The quantitative estimate of drug-likeness (QED) is 0.785. The van der Waals surface area contributed by atoms with Crippen LogP contribution in [0.5, 0.6) is 0 Å². The first kappa shape index (κ1) is 12.7. The number of hydrogen-bond acceptors (Lipinski definition) is 2. The lowest BCUT2D eigenvalue weighted by Crippen LogP contribution is -2.32. The maximum Gasteiger partial charge on any atom is 0.271 e. The second-order valence-corrected chi connectivity index (χ2v) is 5.01. The third kappa shape index (κ3) is 1.68. The summed E-state index contributed by atoms with van der Waals surface area (Å²) >= 11 is 0. The molecular weight excluding hydrogens is 252 g/mol. The molecule has 0 N–H and O–H groups in total. The minimum Gasteiger partial charge on any atom is -0.339 e. The molecular formula is C16H16N2O2. The van der Waals surface area contributed by atoms with Crippen molar-refractivity contribution < 1.29 is 9.59 Å². The number of Topliss-reactive ketones (excluding diaryl/α,β-unsaturated/α-hetero) is 1. The van der Waals surface area contributed by atoms with Gasteiger partial charge in [0.05, 0.1) is 5.56 Å². The Morgan fingerprint density at radius 3 is 2.80 bits per heavy atom. The third-order valence-electron chi connectivity index (χ3n) is 3.83. The molecule has 0 aliphatic carbocycles. The van der Waals surface area contributed by atoms with E-state index in [2.05, 4.69) is 6.58 Å². The van der Waals surface area contributed by atoms with Gasteiger partial charge in [0.25, 0.3) is 5.91 Å². The van der Waals surface area contributed by atoms with Crippen LogP contribution in [-0.4, -0.2) is 34.2 Å².